The zero-order chi connectivity index (χ0) is 16.4. The SMILES string of the molecule is COC(=O)c1c(C)oc2ccc(OCc3cccc(Br)c3)cc12. The first kappa shape index (κ1) is 15.6. The van der Waals surface area contributed by atoms with Crippen molar-refractivity contribution in [3.63, 3.8) is 0 Å². The Hall–Kier alpha value is -2.27. The van der Waals surface area contributed by atoms with E-state index in [0.29, 0.717) is 34.6 Å². The average Bonchev–Trinajstić information content (AvgIpc) is 2.87. The molecule has 0 N–H and O–H groups in total. The van der Waals surface area contributed by atoms with Crippen LogP contribution in [0.15, 0.2) is 51.4 Å². The number of carbonyl (C=O) groups excluding carboxylic acids is 1. The molecule has 4 nitrogen and oxygen atoms in total. The Bertz CT molecular complexity index is 867. The maximum Gasteiger partial charge on any atom is 0.342 e. The maximum absolute atomic E-state index is 11.9. The molecule has 118 valence electrons. The van der Waals surface area contributed by atoms with E-state index in [0.717, 1.165) is 10.0 Å². The van der Waals surface area contributed by atoms with Crippen LogP contribution in [0.4, 0.5) is 0 Å². The van der Waals surface area contributed by atoms with Gasteiger partial charge in [-0.3, -0.25) is 0 Å². The third-order valence-corrected chi connectivity index (χ3v) is 4.01. The number of halogens is 1. The quantitative estimate of drug-likeness (QED) is 0.611. The molecule has 23 heavy (non-hydrogen) atoms. The van der Waals surface area contributed by atoms with Crippen molar-refractivity contribution in [2.45, 2.75) is 13.5 Å². The summed E-state index contributed by atoms with van der Waals surface area (Å²) in [5, 5.41) is 0.695. The standard InChI is InChI=1S/C18H15BrO4/c1-11-17(18(20)21-2)15-9-14(6-7-16(15)23-11)22-10-12-4-3-5-13(19)8-12/h3-9H,10H2,1-2H3. The predicted octanol–water partition coefficient (Wildman–Crippen LogP) is 4.87. The lowest BCUT2D eigenvalue weighted by Gasteiger charge is -2.07. The van der Waals surface area contributed by atoms with Gasteiger partial charge in [0.05, 0.1) is 7.11 Å². The second-order valence-electron chi connectivity index (χ2n) is 5.10. The molecule has 0 fully saturated rings. The van der Waals surface area contributed by atoms with Gasteiger partial charge in [0.25, 0.3) is 0 Å². The molecular weight excluding hydrogens is 360 g/mol. The molecule has 0 aliphatic carbocycles. The Balaban J connectivity index is 1.89. The summed E-state index contributed by atoms with van der Waals surface area (Å²) < 4.78 is 17.2. The molecule has 1 aromatic heterocycles. The van der Waals surface area contributed by atoms with Crippen molar-refractivity contribution in [2.24, 2.45) is 0 Å². The molecule has 0 saturated heterocycles. The van der Waals surface area contributed by atoms with Gasteiger partial charge < -0.3 is 13.9 Å². The number of hydrogen-bond donors (Lipinski definition) is 0. The third-order valence-electron chi connectivity index (χ3n) is 3.52. The number of hydrogen-bond acceptors (Lipinski definition) is 4. The van der Waals surface area contributed by atoms with Crippen LogP contribution in [0, 0.1) is 6.92 Å². The lowest BCUT2D eigenvalue weighted by atomic mass is 10.1. The summed E-state index contributed by atoms with van der Waals surface area (Å²) in [6.07, 6.45) is 0. The molecule has 0 radical (unpaired) electrons. The second-order valence-corrected chi connectivity index (χ2v) is 6.02. The van der Waals surface area contributed by atoms with Gasteiger partial charge >= 0.3 is 5.97 Å². The van der Waals surface area contributed by atoms with Gasteiger partial charge in [0.1, 0.15) is 29.3 Å². The highest BCUT2D eigenvalue weighted by Gasteiger charge is 2.19. The smallest absolute Gasteiger partial charge is 0.342 e. The van der Waals surface area contributed by atoms with Crippen LogP contribution in [-0.2, 0) is 11.3 Å². The Labute approximate surface area is 142 Å². The van der Waals surface area contributed by atoms with Crippen molar-refractivity contribution < 1.29 is 18.7 Å². The Morgan fingerprint density at radius 2 is 2.04 bits per heavy atom. The minimum absolute atomic E-state index is 0.412. The fourth-order valence-electron chi connectivity index (χ4n) is 2.44. The lowest BCUT2D eigenvalue weighted by Crippen LogP contribution is -2.02. The van der Waals surface area contributed by atoms with E-state index in [1.165, 1.54) is 7.11 Å². The molecule has 0 atom stereocenters. The largest absolute Gasteiger partial charge is 0.489 e. The Kier molecular flexibility index (Phi) is 4.39. The molecule has 1 heterocycles. The van der Waals surface area contributed by atoms with E-state index in [-0.39, 0.29) is 0 Å². The van der Waals surface area contributed by atoms with Gasteiger partial charge in [0, 0.05) is 9.86 Å². The van der Waals surface area contributed by atoms with Crippen LogP contribution in [0.1, 0.15) is 21.7 Å². The summed E-state index contributed by atoms with van der Waals surface area (Å²) in [4.78, 5) is 11.9. The number of aryl methyl sites for hydroxylation is 1. The molecule has 0 aliphatic heterocycles. The molecule has 3 aromatic rings. The molecular formula is C18H15BrO4. The molecule has 0 amide bonds. The molecule has 0 aliphatic rings. The molecule has 0 saturated carbocycles. The third kappa shape index (κ3) is 3.24. The van der Waals surface area contributed by atoms with Gasteiger partial charge in [0.15, 0.2) is 0 Å². The highest BCUT2D eigenvalue weighted by molar-refractivity contribution is 9.10. The van der Waals surface area contributed by atoms with E-state index in [1.54, 1.807) is 19.1 Å². The van der Waals surface area contributed by atoms with E-state index in [4.69, 9.17) is 13.9 Å². The number of fused-ring (bicyclic) bond motifs is 1. The molecule has 0 spiro atoms. The lowest BCUT2D eigenvalue weighted by molar-refractivity contribution is 0.0601. The predicted molar refractivity (Wildman–Crippen MR) is 90.8 cm³/mol. The number of esters is 1. The molecule has 3 rings (SSSR count). The van der Waals surface area contributed by atoms with Crippen LogP contribution in [0.2, 0.25) is 0 Å². The van der Waals surface area contributed by atoms with Gasteiger partial charge in [-0.05, 0) is 42.8 Å². The van der Waals surface area contributed by atoms with Crippen molar-refractivity contribution in [2.75, 3.05) is 7.11 Å². The van der Waals surface area contributed by atoms with E-state index in [2.05, 4.69) is 15.9 Å². The number of methoxy groups -OCH3 is 1. The minimum Gasteiger partial charge on any atom is -0.489 e. The topological polar surface area (TPSA) is 48.7 Å². The molecule has 0 bridgehead atoms. The molecule has 0 unspecified atom stereocenters. The molecule has 5 heteroatoms. The fourth-order valence-corrected chi connectivity index (χ4v) is 2.88. The van der Waals surface area contributed by atoms with Crippen LogP contribution in [0.25, 0.3) is 11.0 Å². The number of benzene rings is 2. The second kappa shape index (κ2) is 6.46. The highest BCUT2D eigenvalue weighted by atomic mass is 79.9. The first-order valence-electron chi connectivity index (χ1n) is 7.07. The summed E-state index contributed by atoms with van der Waals surface area (Å²) in [5.41, 5.74) is 2.13. The van der Waals surface area contributed by atoms with Gasteiger partial charge in [0.2, 0.25) is 0 Å². The fraction of sp³-hybridized carbons (Fsp3) is 0.167. The maximum atomic E-state index is 11.9. The van der Waals surface area contributed by atoms with Gasteiger partial charge in [-0.15, -0.1) is 0 Å². The van der Waals surface area contributed by atoms with E-state index >= 15 is 0 Å². The van der Waals surface area contributed by atoms with Crippen molar-refractivity contribution in [1.29, 1.82) is 0 Å². The zero-order valence-corrected chi connectivity index (χ0v) is 14.3. The van der Waals surface area contributed by atoms with Crippen LogP contribution < -0.4 is 4.74 Å². The van der Waals surface area contributed by atoms with Crippen molar-refractivity contribution in [1.82, 2.24) is 0 Å². The number of rotatable bonds is 4. The van der Waals surface area contributed by atoms with Crippen LogP contribution in [-0.4, -0.2) is 13.1 Å². The van der Waals surface area contributed by atoms with Crippen molar-refractivity contribution in [3.05, 3.63) is 63.8 Å². The van der Waals surface area contributed by atoms with Crippen LogP contribution in [0.5, 0.6) is 5.75 Å². The monoisotopic (exact) mass is 374 g/mol. The van der Waals surface area contributed by atoms with Crippen LogP contribution >= 0.6 is 15.9 Å². The normalized spacial score (nSPS) is 10.7. The minimum atomic E-state index is -0.412. The van der Waals surface area contributed by atoms with Gasteiger partial charge in [-0.25, -0.2) is 4.79 Å². The van der Waals surface area contributed by atoms with E-state index in [1.807, 2.05) is 30.3 Å². The summed E-state index contributed by atoms with van der Waals surface area (Å²) >= 11 is 3.44. The van der Waals surface area contributed by atoms with E-state index < -0.39 is 5.97 Å². The van der Waals surface area contributed by atoms with Gasteiger partial charge in [-0.2, -0.15) is 0 Å². The first-order valence-corrected chi connectivity index (χ1v) is 7.86. The zero-order valence-electron chi connectivity index (χ0n) is 12.8. The van der Waals surface area contributed by atoms with Crippen molar-refractivity contribution >= 4 is 32.9 Å². The van der Waals surface area contributed by atoms with Gasteiger partial charge in [-0.1, -0.05) is 28.1 Å². The molecule has 2 aromatic carbocycles. The number of ether oxygens (including phenoxy) is 2. The number of carbonyl (C=O) groups is 1. The number of furan rings is 1. The summed E-state index contributed by atoms with van der Waals surface area (Å²) in [6.45, 7) is 2.18. The average molecular weight is 375 g/mol. The van der Waals surface area contributed by atoms with Crippen LogP contribution in [0.3, 0.4) is 0 Å². The Morgan fingerprint density at radius 3 is 2.78 bits per heavy atom. The summed E-state index contributed by atoms with van der Waals surface area (Å²) in [5.74, 6) is 0.796. The summed E-state index contributed by atoms with van der Waals surface area (Å²) in [6, 6.07) is 13.3. The van der Waals surface area contributed by atoms with E-state index in [9.17, 15) is 4.79 Å². The first-order chi connectivity index (χ1) is 11.1. The van der Waals surface area contributed by atoms with Crippen molar-refractivity contribution in [3.8, 4) is 5.75 Å². The summed E-state index contributed by atoms with van der Waals surface area (Å²) in [7, 11) is 1.36. The Morgan fingerprint density at radius 1 is 1.22 bits per heavy atom. The highest BCUT2D eigenvalue weighted by Crippen LogP contribution is 2.30.